The normalized spacial score (nSPS) is 22.3. The van der Waals surface area contributed by atoms with Crippen LogP contribution in [-0.2, 0) is 13.1 Å². The Bertz CT molecular complexity index is 696. The van der Waals surface area contributed by atoms with Crippen LogP contribution in [0.25, 0.3) is 0 Å². The second-order valence-corrected chi connectivity index (χ2v) is 6.86. The fourth-order valence-corrected chi connectivity index (χ4v) is 3.61. The number of pyridine rings is 1. The minimum absolute atomic E-state index is 0.222. The summed E-state index contributed by atoms with van der Waals surface area (Å²) in [6, 6.07) is 5.28. The third-order valence-corrected chi connectivity index (χ3v) is 4.43. The number of hydrogen-bond acceptors (Lipinski definition) is 4. The van der Waals surface area contributed by atoms with Gasteiger partial charge in [0, 0.05) is 31.4 Å². The Hall–Kier alpha value is -2.01. The van der Waals surface area contributed by atoms with Gasteiger partial charge in [0.05, 0.1) is 19.0 Å². The monoisotopic (exact) mass is 316 g/mol. The summed E-state index contributed by atoms with van der Waals surface area (Å²) in [4.78, 5) is 14.3. The molecule has 1 aliphatic rings. The van der Waals surface area contributed by atoms with Crippen LogP contribution >= 0.6 is 0 Å². The molecule has 3 heterocycles. The molecule has 2 aromatic rings. The summed E-state index contributed by atoms with van der Waals surface area (Å²) >= 11 is 0. The third kappa shape index (κ3) is 3.85. The number of aromatic nitrogens is 1. The number of hydrogen-bond donors (Lipinski definition) is 1. The van der Waals surface area contributed by atoms with E-state index in [4.69, 9.17) is 4.42 Å². The summed E-state index contributed by atoms with van der Waals surface area (Å²) in [5.74, 6) is 1.91. The van der Waals surface area contributed by atoms with E-state index in [0.717, 1.165) is 24.5 Å². The molecular formula is C18H24N2O3. The van der Waals surface area contributed by atoms with E-state index in [0.29, 0.717) is 24.9 Å². The average molecular weight is 316 g/mol. The molecule has 3 rings (SSSR count). The molecule has 0 aromatic carbocycles. The average Bonchev–Trinajstić information content (AvgIpc) is 2.96. The maximum atomic E-state index is 11.9. The van der Waals surface area contributed by atoms with Gasteiger partial charge in [-0.05, 0) is 30.4 Å². The molecule has 5 nitrogen and oxygen atoms in total. The first-order chi connectivity index (χ1) is 11.0. The van der Waals surface area contributed by atoms with Gasteiger partial charge in [0.1, 0.15) is 5.76 Å². The molecule has 0 radical (unpaired) electrons. The lowest BCUT2D eigenvalue weighted by Gasteiger charge is -2.35. The number of aromatic hydroxyl groups is 1. The summed E-state index contributed by atoms with van der Waals surface area (Å²) in [6.07, 6.45) is 4.40. The van der Waals surface area contributed by atoms with Crippen LogP contribution in [0.2, 0.25) is 0 Å². The van der Waals surface area contributed by atoms with E-state index in [1.165, 1.54) is 12.6 Å². The molecule has 0 saturated carbocycles. The van der Waals surface area contributed by atoms with Crippen LogP contribution in [0.1, 0.15) is 31.7 Å². The van der Waals surface area contributed by atoms with Crippen molar-refractivity contribution in [3.63, 3.8) is 0 Å². The lowest BCUT2D eigenvalue weighted by atomic mass is 9.92. The molecule has 0 amide bonds. The van der Waals surface area contributed by atoms with Gasteiger partial charge in [-0.25, -0.2) is 0 Å². The number of nitrogens with zero attached hydrogens (tertiary/aromatic N) is 2. The molecule has 2 unspecified atom stereocenters. The highest BCUT2D eigenvalue weighted by Crippen LogP contribution is 2.22. The Balaban J connectivity index is 1.85. The predicted octanol–water partition coefficient (Wildman–Crippen LogP) is 2.67. The molecule has 0 aliphatic carbocycles. The molecule has 2 atom stereocenters. The maximum absolute atomic E-state index is 11.9. The van der Waals surface area contributed by atoms with Gasteiger partial charge in [-0.3, -0.25) is 9.69 Å². The van der Waals surface area contributed by atoms with Crippen LogP contribution < -0.4 is 5.43 Å². The van der Waals surface area contributed by atoms with Gasteiger partial charge in [0.15, 0.2) is 5.75 Å². The third-order valence-electron chi connectivity index (χ3n) is 4.43. The first-order valence-corrected chi connectivity index (χ1v) is 8.18. The molecule has 0 bridgehead atoms. The summed E-state index contributed by atoms with van der Waals surface area (Å²) in [6.45, 7) is 7.85. The molecule has 2 aromatic heterocycles. The summed E-state index contributed by atoms with van der Waals surface area (Å²) in [7, 11) is 0. The summed E-state index contributed by atoms with van der Waals surface area (Å²) in [5, 5.41) is 9.77. The van der Waals surface area contributed by atoms with Crippen molar-refractivity contribution in [2.24, 2.45) is 11.8 Å². The van der Waals surface area contributed by atoms with Gasteiger partial charge in [-0.15, -0.1) is 0 Å². The molecule has 1 saturated heterocycles. The molecule has 1 fully saturated rings. The quantitative estimate of drug-likeness (QED) is 0.942. The van der Waals surface area contributed by atoms with E-state index in [2.05, 4.69) is 18.7 Å². The Kier molecular flexibility index (Phi) is 4.57. The Morgan fingerprint density at radius 1 is 1.26 bits per heavy atom. The predicted molar refractivity (Wildman–Crippen MR) is 88.4 cm³/mol. The Labute approximate surface area is 136 Å². The van der Waals surface area contributed by atoms with Crippen molar-refractivity contribution >= 4 is 0 Å². The van der Waals surface area contributed by atoms with Gasteiger partial charge in [0.25, 0.3) is 0 Å². The Morgan fingerprint density at radius 2 is 2.00 bits per heavy atom. The minimum atomic E-state index is -0.325. The molecule has 5 heteroatoms. The zero-order valence-corrected chi connectivity index (χ0v) is 13.7. The van der Waals surface area contributed by atoms with Crippen molar-refractivity contribution in [3.05, 3.63) is 52.3 Å². The van der Waals surface area contributed by atoms with Crippen molar-refractivity contribution in [1.82, 2.24) is 9.47 Å². The molecule has 1 N–H and O–H groups in total. The number of piperidine rings is 1. The molecule has 1 aliphatic heterocycles. The number of furan rings is 1. The fraction of sp³-hybridized carbons (Fsp3) is 0.500. The SMILES string of the molecule is CC1CC(C)CN(Cc2cc(=O)c(O)cn2Cc2ccco2)C1. The van der Waals surface area contributed by atoms with Gasteiger partial charge < -0.3 is 14.1 Å². The number of rotatable bonds is 4. The van der Waals surface area contributed by atoms with Crippen LogP contribution in [0.4, 0.5) is 0 Å². The van der Waals surface area contributed by atoms with Crippen LogP contribution in [-0.4, -0.2) is 27.7 Å². The van der Waals surface area contributed by atoms with E-state index < -0.39 is 0 Å². The first-order valence-electron chi connectivity index (χ1n) is 8.18. The van der Waals surface area contributed by atoms with Gasteiger partial charge >= 0.3 is 0 Å². The maximum Gasteiger partial charge on any atom is 0.223 e. The van der Waals surface area contributed by atoms with Crippen LogP contribution in [0.5, 0.6) is 5.75 Å². The number of likely N-dealkylation sites (tertiary alicyclic amines) is 1. The van der Waals surface area contributed by atoms with Gasteiger partial charge in [0.2, 0.25) is 5.43 Å². The van der Waals surface area contributed by atoms with Crippen molar-refractivity contribution in [3.8, 4) is 5.75 Å². The standard InChI is InChI=1S/C18H24N2O3/c1-13-6-14(2)9-19(8-13)10-15-7-17(21)18(22)12-20(15)11-16-4-3-5-23-16/h3-5,7,12-14,22H,6,8-11H2,1-2H3. The second kappa shape index (κ2) is 6.62. The van der Waals surface area contributed by atoms with Gasteiger partial charge in [-0.1, -0.05) is 13.8 Å². The molecular weight excluding hydrogens is 292 g/mol. The van der Waals surface area contributed by atoms with Crippen molar-refractivity contribution < 1.29 is 9.52 Å². The molecule has 0 spiro atoms. The Morgan fingerprint density at radius 3 is 2.65 bits per heavy atom. The minimum Gasteiger partial charge on any atom is -0.503 e. The molecule has 124 valence electrons. The van der Waals surface area contributed by atoms with E-state index in [-0.39, 0.29) is 11.2 Å². The van der Waals surface area contributed by atoms with Crippen LogP contribution in [0.15, 0.2) is 39.9 Å². The second-order valence-electron chi connectivity index (χ2n) is 6.86. The topological polar surface area (TPSA) is 58.6 Å². The smallest absolute Gasteiger partial charge is 0.223 e. The largest absolute Gasteiger partial charge is 0.503 e. The lowest BCUT2D eigenvalue weighted by Crippen LogP contribution is -2.39. The highest BCUT2D eigenvalue weighted by molar-refractivity contribution is 5.21. The highest BCUT2D eigenvalue weighted by atomic mass is 16.3. The summed E-state index contributed by atoms with van der Waals surface area (Å²) in [5.41, 5.74) is 0.583. The zero-order valence-electron chi connectivity index (χ0n) is 13.7. The fourth-order valence-electron chi connectivity index (χ4n) is 3.61. The van der Waals surface area contributed by atoms with Crippen LogP contribution in [0.3, 0.4) is 0 Å². The lowest BCUT2D eigenvalue weighted by molar-refractivity contribution is 0.131. The summed E-state index contributed by atoms with van der Waals surface area (Å²) < 4.78 is 7.29. The van der Waals surface area contributed by atoms with Crippen molar-refractivity contribution in [2.45, 2.75) is 33.4 Å². The highest BCUT2D eigenvalue weighted by Gasteiger charge is 2.22. The van der Waals surface area contributed by atoms with E-state index >= 15 is 0 Å². The zero-order chi connectivity index (χ0) is 16.4. The van der Waals surface area contributed by atoms with Crippen LogP contribution in [0, 0.1) is 11.8 Å². The van der Waals surface area contributed by atoms with Crippen molar-refractivity contribution in [1.29, 1.82) is 0 Å². The molecule has 23 heavy (non-hydrogen) atoms. The van der Waals surface area contributed by atoms with E-state index in [1.54, 1.807) is 12.3 Å². The van der Waals surface area contributed by atoms with E-state index in [1.807, 2.05) is 16.7 Å². The first kappa shape index (κ1) is 15.9. The van der Waals surface area contributed by atoms with E-state index in [9.17, 15) is 9.90 Å². The van der Waals surface area contributed by atoms with Gasteiger partial charge in [-0.2, -0.15) is 0 Å². The van der Waals surface area contributed by atoms with Crippen molar-refractivity contribution in [2.75, 3.05) is 13.1 Å².